The van der Waals surface area contributed by atoms with Crippen LogP contribution in [-0.2, 0) is 17.9 Å². The van der Waals surface area contributed by atoms with Crippen LogP contribution >= 0.6 is 0 Å². The zero-order valence-electron chi connectivity index (χ0n) is 17.2. The van der Waals surface area contributed by atoms with E-state index in [0.29, 0.717) is 24.7 Å². The molecule has 0 saturated heterocycles. The van der Waals surface area contributed by atoms with Crippen molar-refractivity contribution in [3.63, 3.8) is 0 Å². The Labute approximate surface area is 170 Å². The molecule has 2 aromatic heterocycles. The lowest BCUT2D eigenvalue weighted by molar-refractivity contribution is -0.118. The largest absolute Gasteiger partial charge is 0.350 e. The van der Waals surface area contributed by atoms with E-state index in [1.54, 1.807) is 6.20 Å². The van der Waals surface area contributed by atoms with Gasteiger partial charge in [0.2, 0.25) is 11.9 Å². The van der Waals surface area contributed by atoms with E-state index < -0.39 is 0 Å². The highest BCUT2D eigenvalue weighted by molar-refractivity contribution is 6.03. The first kappa shape index (κ1) is 19.2. The molecule has 0 spiro atoms. The third-order valence-corrected chi connectivity index (χ3v) is 5.66. The number of nitrogens with zero attached hydrogens (tertiary/aromatic N) is 6. The Bertz CT molecular complexity index is 985. The molecule has 4 rings (SSSR count). The van der Waals surface area contributed by atoms with Crippen LogP contribution in [0.1, 0.15) is 37.9 Å². The summed E-state index contributed by atoms with van der Waals surface area (Å²) in [4.78, 5) is 23.5. The molecule has 0 unspecified atom stereocenters. The smallest absolute Gasteiger partial charge is 0.247 e. The zero-order chi connectivity index (χ0) is 20.8. The van der Waals surface area contributed by atoms with Crippen molar-refractivity contribution in [2.75, 3.05) is 22.6 Å². The van der Waals surface area contributed by atoms with E-state index in [4.69, 9.17) is 0 Å². The molecule has 2 N–H and O–H groups in total. The van der Waals surface area contributed by atoms with Crippen molar-refractivity contribution in [1.29, 1.82) is 5.26 Å². The van der Waals surface area contributed by atoms with Gasteiger partial charge in [0.15, 0.2) is 5.82 Å². The van der Waals surface area contributed by atoms with Crippen LogP contribution in [0, 0.1) is 29.6 Å². The monoisotopic (exact) mass is 394 g/mol. The molecule has 1 amide bonds. The molecular weight excluding hydrogens is 368 g/mol. The normalized spacial score (nSPS) is 19.5. The molecule has 1 atom stereocenters. The highest BCUT2D eigenvalue weighted by Crippen LogP contribution is 2.46. The van der Waals surface area contributed by atoms with Gasteiger partial charge in [-0.3, -0.25) is 9.48 Å². The molecule has 1 aliphatic heterocycles. The number of anilines is 3. The number of carbonyl (C=O) groups excluding carboxylic acids is 1. The first-order chi connectivity index (χ1) is 13.8. The number of hydrogen-bond acceptors (Lipinski definition) is 7. The quantitative estimate of drug-likeness (QED) is 0.773. The van der Waals surface area contributed by atoms with Gasteiger partial charge >= 0.3 is 0 Å². The number of nitrogens with one attached hydrogen (secondary N) is 2. The minimum Gasteiger partial charge on any atom is -0.350 e. The van der Waals surface area contributed by atoms with Crippen LogP contribution in [0.15, 0.2) is 12.4 Å². The SMILES string of the molecule is Cc1nc(NCc2cnn(CC3(C#N)CC3)c2)nc2c1NC(=O)[C@H](C(C)C)N2C. The number of amides is 1. The molecular formula is C20H26N8O. The number of aryl methyl sites for hydroxylation is 1. The molecule has 29 heavy (non-hydrogen) atoms. The summed E-state index contributed by atoms with van der Waals surface area (Å²) in [7, 11) is 1.89. The number of rotatable bonds is 6. The maximum atomic E-state index is 12.4. The standard InChI is InChI=1S/C20H26N8O/c1-12(2)16-18(29)25-15-13(3)24-19(26-17(15)27(16)4)22-7-14-8-23-28(9-14)11-20(10-21)5-6-20/h8-9,12,16H,5-7,11H2,1-4H3,(H,25,29)(H,22,24,26)/t16-/m0/s1. The van der Waals surface area contributed by atoms with E-state index in [2.05, 4.69) is 31.8 Å². The van der Waals surface area contributed by atoms with Gasteiger partial charge in [0.05, 0.1) is 29.9 Å². The van der Waals surface area contributed by atoms with Crippen LogP contribution in [0.25, 0.3) is 0 Å². The molecule has 9 heteroatoms. The summed E-state index contributed by atoms with van der Waals surface area (Å²) in [6, 6.07) is 2.12. The number of carbonyl (C=O) groups is 1. The van der Waals surface area contributed by atoms with Crippen LogP contribution in [0.3, 0.4) is 0 Å². The molecule has 3 heterocycles. The summed E-state index contributed by atoms with van der Waals surface area (Å²) in [5.74, 6) is 1.36. The zero-order valence-corrected chi connectivity index (χ0v) is 17.2. The van der Waals surface area contributed by atoms with Crippen LogP contribution < -0.4 is 15.5 Å². The van der Waals surface area contributed by atoms with Crippen LogP contribution in [0.2, 0.25) is 0 Å². The highest BCUT2D eigenvalue weighted by atomic mass is 16.2. The van der Waals surface area contributed by atoms with Gasteiger partial charge in [-0.15, -0.1) is 0 Å². The topological polar surface area (TPSA) is 112 Å². The van der Waals surface area contributed by atoms with Crippen molar-refractivity contribution in [3.05, 3.63) is 23.7 Å². The predicted molar refractivity (Wildman–Crippen MR) is 109 cm³/mol. The number of likely N-dealkylation sites (N-methyl/N-ethyl adjacent to an activating group) is 1. The Balaban J connectivity index is 1.48. The van der Waals surface area contributed by atoms with Crippen molar-refractivity contribution in [3.8, 4) is 6.07 Å². The summed E-state index contributed by atoms with van der Waals surface area (Å²) in [5, 5.41) is 19.8. The van der Waals surface area contributed by atoms with Gasteiger partial charge in [-0.1, -0.05) is 13.8 Å². The first-order valence-corrected chi connectivity index (χ1v) is 9.91. The Morgan fingerprint density at radius 2 is 2.17 bits per heavy atom. The molecule has 9 nitrogen and oxygen atoms in total. The molecule has 1 saturated carbocycles. The molecule has 2 aromatic rings. The second-order valence-corrected chi connectivity index (χ2v) is 8.41. The summed E-state index contributed by atoms with van der Waals surface area (Å²) in [5.41, 5.74) is 2.16. The first-order valence-electron chi connectivity index (χ1n) is 9.91. The van der Waals surface area contributed by atoms with Gasteiger partial charge in [-0.25, -0.2) is 4.98 Å². The number of fused-ring (bicyclic) bond motifs is 1. The maximum Gasteiger partial charge on any atom is 0.247 e. The van der Waals surface area contributed by atoms with E-state index >= 15 is 0 Å². The Morgan fingerprint density at radius 1 is 1.41 bits per heavy atom. The fourth-order valence-corrected chi connectivity index (χ4v) is 3.82. The maximum absolute atomic E-state index is 12.4. The minimum atomic E-state index is -0.266. The predicted octanol–water partition coefficient (Wildman–Crippen LogP) is 2.31. The van der Waals surface area contributed by atoms with E-state index in [-0.39, 0.29) is 23.3 Å². The Kier molecular flexibility index (Phi) is 4.65. The van der Waals surface area contributed by atoms with E-state index in [9.17, 15) is 10.1 Å². The lowest BCUT2D eigenvalue weighted by atomic mass is 9.99. The molecule has 1 fully saturated rings. The molecule has 0 radical (unpaired) electrons. The third-order valence-electron chi connectivity index (χ3n) is 5.66. The number of aromatic nitrogens is 4. The van der Waals surface area contributed by atoms with Crippen LogP contribution in [-0.4, -0.2) is 38.7 Å². The van der Waals surface area contributed by atoms with Crippen molar-refractivity contribution in [2.24, 2.45) is 11.3 Å². The minimum absolute atomic E-state index is 0.0272. The Hall–Kier alpha value is -3.15. The molecule has 2 aliphatic rings. The fourth-order valence-electron chi connectivity index (χ4n) is 3.82. The lowest BCUT2D eigenvalue weighted by Gasteiger charge is -2.36. The van der Waals surface area contributed by atoms with Crippen molar-refractivity contribution in [1.82, 2.24) is 19.7 Å². The van der Waals surface area contributed by atoms with Gasteiger partial charge in [0, 0.05) is 25.4 Å². The lowest BCUT2D eigenvalue weighted by Crippen LogP contribution is -2.49. The third kappa shape index (κ3) is 3.62. The van der Waals surface area contributed by atoms with Gasteiger partial charge < -0.3 is 15.5 Å². The van der Waals surface area contributed by atoms with E-state index in [1.807, 2.05) is 43.6 Å². The van der Waals surface area contributed by atoms with E-state index in [1.165, 1.54) is 0 Å². The molecule has 152 valence electrons. The van der Waals surface area contributed by atoms with Crippen LogP contribution in [0.4, 0.5) is 17.5 Å². The summed E-state index contributed by atoms with van der Waals surface area (Å²) in [6.45, 7) is 7.08. The van der Waals surface area contributed by atoms with Crippen LogP contribution in [0.5, 0.6) is 0 Å². The van der Waals surface area contributed by atoms with Crippen molar-refractivity contribution in [2.45, 2.75) is 52.7 Å². The molecule has 0 aromatic carbocycles. The Morgan fingerprint density at radius 3 is 2.83 bits per heavy atom. The average Bonchev–Trinajstić information content (AvgIpc) is 3.30. The summed E-state index contributed by atoms with van der Waals surface area (Å²) in [6.07, 6.45) is 5.64. The molecule has 0 bridgehead atoms. The number of nitriles is 1. The second-order valence-electron chi connectivity index (χ2n) is 8.41. The van der Waals surface area contributed by atoms with Gasteiger partial charge in [-0.2, -0.15) is 15.3 Å². The van der Waals surface area contributed by atoms with Crippen molar-refractivity contribution >= 4 is 23.4 Å². The summed E-state index contributed by atoms with van der Waals surface area (Å²) < 4.78 is 1.84. The second kappa shape index (κ2) is 7.03. The van der Waals surface area contributed by atoms with Gasteiger partial charge in [0.1, 0.15) is 11.7 Å². The van der Waals surface area contributed by atoms with Gasteiger partial charge in [-0.05, 0) is 25.7 Å². The fraction of sp³-hybridized carbons (Fsp3) is 0.550. The highest BCUT2D eigenvalue weighted by Gasteiger charge is 2.43. The van der Waals surface area contributed by atoms with Gasteiger partial charge in [0.25, 0.3) is 0 Å². The average molecular weight is 394 g/mol. The number of hydrogen-bond donors (Lipinski definition) is 2. The van der Waals surface area contributed by atoms with Crippen molar-refractivity contribution < 1.29 is 4.79 Å². The van der Waals surface area contributed by atoms with E-state index in [0.717, 1.165) is 29.9 Å². The summed E-state index contributed by atoms with van der Waals surface area (Å²) >= 11 is 0. The molecule has 1 aliphatic carbocycles.